The third-order valence-corrected chi connectivity index (χ3v) is 2.25. The second-order valence-electron chi connectivity index (χ2n) is 3.55. The molecule has 18 heavy (non-hydrogen) atoms. The fourth-order valence-corrected chi connectivity index (χ4v) is 1.17. The molecule has 0 radical (unpaired) electrons. The highest BCUT2D eigenvalue weighted by atomic mass is 16.6. The molecule has 1 atom stereocenters. The lowest BCUT2D eigenvalue weighted by Gasteiger charge is -2.11. The lowest BCUT2D eigenvalue weighted by atomic mass is 10.3. The van der Waals surface area contributed by atoms with Crippen molar-refractivity contribution in [3.05, 3.63) is 27.9 Å². The van der Waals surface area contributed by atoms with Crippen molar-refractivity contribution in [1.82, 2.24) is 4.98 Å². The molecule has 0 saturated heterocycles. The highest BCUT2D eigenvalue weighted by Crippen LogP contribution is 2.22. The van der Waals surface area contributed by atoms with Crippen molar-refractivity contribution in [2.24, 2.45) is 0 Å². The second kappa shape index (κ2) is 5.92. The van der Waals surface area contributed by atoms with Gasteiger partial charge in [-0.2, -0.15) is 0 Å². The lowest BCUT2D eigenvalue weighted by molar-refractivity contribution is -0.384. The van der Waals surface area contributed by atoms with Crippen LogP contribution >= 0.6 is 0 Å². The summed E-state index contributed by atoms with van der Waals surface area (Å²) in [5, 5.41) is 22.2. The number of pyridine rings is 1. The Kier molecular flexibility index (Phi) is 4.55. The summed E-state index contributed by atoms with van der Waals surface area (Å²) in [4.78, 5) is 24.6. The fraction of sp³-hybridized carbons (Fsp3) is 0.400. The van der Waals surface area contributed by atoms with Gasteiger partial charge in [-0.05, 0) is 13.0 Å². The third kappa shape index (κ3) is 3.39. The number of carboxylic acid groups (broad SMARTS) is 1. The predicted molar refractivity (Wildman–Crippen MR) is 62.8 cm³/mol. The fourth-order valence-electron chi connectivity index (χ4n) is 1.17. The Morgan fingerprint density at radius 1 is 1.67 bits per heavy atom. The SMILES string of the molecule is COC(C)CNc1nc(C(=O)O)ccc1[N+](=O)[O-]. The molecule has 0 amide bonds. The Balaban J connectivity index is 3.00. The van der Waals surface area contributed by atoms with Gasteiger partial charge in [0, 0.05) is 19.7 Å². The van der Waals surface area contributed by atoms with Crippen molar-refractivity contribution in [2.75, 3.05) is 19.0 Å². The van der Waals surface area contributed by atoms with E-state index in [0.29, 0.717) is 0 Å². The van der Waals surface area contributed by atoms with Gasteiger partial charge in [0.1, 0.15) is 0 Å². The second-order valence-corrected chi connectivity index (χ2v) is 3.55. The van der Waals surface area contributed by atoms with Gasteiger partial charge in [-0.1, -0.05) is 0 Å². The predicted octanol–water partition coefficient (Wildman–Crippen LogP) is 1.13. The van der Waals surface area contributed by atoms with Gasteiger partial charge < -0.3 is 15.2 Å². The van der Waals surface area contributed by atoms with Crippen molar-refractivity contribution in [3.8, 4) is 0 Å². The molecule has 1 heterocycles. The van der Waals surface area contributed by atoms with Gasteiger partial charge in [-0.15, -0.1) is 0 Å². The van der Waals surface area contributed by atoms with Gasteiger partial charge in [0.2, 0.25) is 5.82 Å². The summed E-state index contributed by atoms with van der Waals surface area (Å²) in [6, 6.07) is 2.20. The summed E-state index contributed by atoms with van der Waals surface area (Å²) < 4.78 is 4.97. The van der Waals surface area contributed by atoms with Gasteiger partial charge in [-0.3, -0.25) is 10.1 Å². The minimum atomic E-state index is -1.24. The van der Waals surface area contributed by atoms with Crippen molar-refractivity contribution < 1.29 is 19.6 Å². The highest BCUT2D eigenvalue weighted by molar-refractivity contribution is 5.86. The zero-order valence-corrected chi connectivity index (χ0v) is 9.91. The molecule has 8 heteroatoms. The maximum Gasteiger partial charge on any atom is 0.354 e. The first kappa shape index (κ1) is 13.8. The van der Waals surface area contributed by atoms with Gasteiger partial charge in [0.05, 0.1) is 11.0 Å². The number of carboxylic acids is 1. The summed E-state index contributed by atoms with van der Waals surface area (Å²) in [6.45, 7) is 2.05. The van der Waals surface area contributed by atoms with Crippen LogP contribution in [0.15, 0.2) is 12.1 Å². The average molecular weight is 255 g/mol. The molecule has 1 aromatic heterocycles. The Morgan fingerprint density at radius 2 is 2.33 bits per heavy atom. The van der Waals surface area contributed by atoms with E-state index in [2.05, 4.69) is 10.3 Å². The molecule has 1 aromatic rings. The Bertz CT molecular complexity index is 463. The molecule has 0 spiro atoms. The first-order chi connectivity index (χ1) is 8.45. The maximum absolute atomic E-state index is 10.8. The van der Waals surface area contributed by atoms with Crippen LogP contribution in [0.5, 0.6) is 0 Å². The molecule has 0 fully saturated rings. The van der Waals surface area contributed by atoms with E-state index in [4.69, 9.17) is 9.84 Å². The molecule has 0 bridgehead atoms. The number of anilines is 1. The van der Waals surface area contributed by atoms with Crippen LogP contribution in [0.4, 0.5) is 11.5 Å². The van der Waals surface area contributed by atoms with Crippen molar-refractivity contribution in [3.63, 3.8) is 0 Å². The summed E-state index contributed by atoms with van der Waals surface area (Å²) in [6.07, 6.45) is -0.181. The van der Waals surface area contributed by atoms with Crippen LogP contribution in [0.1, 0.15) is 17.4 Å². The summed E-state index contributed by atoms with van der Waals surface area (Å²) in [5.41, 5.74) is -0.531. The van der Waals surface area contributed by atoms with Crippen LogP contribution in [-0.2, 0) is 4.74 Å². The summed E-state index contributed by atoms with van der Waals surface area (Å²) in [5.74, 6) is -1.32. The normalized spacial score (nSPS) is 11.9. The zero-order valence-electron chi connectivity index (χ0n) is 9.91. The van der Waals surface area contributed by atoms with E-state index in [9.17, 15) is 14.9 Å². The Hall–Kier alpha value is -2.22. The molecule has 8 nitrogen and oxygen atoms in total. The molecule has 2 N–H and O–H groups in total. The van der Waals surface area contributed by atoms with Gasteiger partial charge >= 0.3 is 11.7 Å². The number of nitrogens with zero attached hydrogens (tertiary/aromatic N) is 2. The Morgan fingerprint density at radius 3 is 2.83 bits per heavy atom. The van der Waals surface area contributed by atoms with Gasteiger partial charge in [0.15, 0.2) is 5.69 Å². The number of ether oxygens (including phenoxy) is 1. The van der Waals surface area contributed by atoms with Crippen LogP contribution in [0.3, 0.4) is 0 Å². The number of methoxy groups -OCH3 is 1. The van der Waals surface area contributed by atoms with Crippen LogP contribution in [-0.4, -0.2) is 40.7 Å². The number of hydrogen-bond donors (Lipinski definition) is 2. The number of hydrogen-bond acceptors (Lipinski definition) is 6. The molecular weight excluding hydrogens is 242 g/mol. The van der Waals surface area contributed by atoms with Gasteiger partial charge in [0.25, 0.3) is 0 Å². The molecule has 0 aliphatic rings. The minimum Gasteiger partial charge on any atom is -0.477 e. The topological polar surface area (TPSA) is 115 Å². The molecule has 0 aliphatic carbocycles. The standard InChI is InChI=1S/C10H13N3O5/c1-6(18-2)5-11-9-8(13(16)17)4-3-7(12-9)10(14)15/h3-4,6H,5H2,1-2H3,(H,11,12)(H,14,15). The summed E-state index contributed by atoms with van der Waals surface area (Å²) >= 11 is 0. The molecule has 0 aliphatic heterocycles. The number of nitrogens with one attached hydrogen (secondary N) is 1. The molecule has 0 aromatic carbocycles. The smallest absolute Gasteiger partial charge is 0.354 e. The number of carbonyl (C=O) groups is 1. The number of aromatic carboxylic acids is 1. The monoisotopic (exact) mass is 255 g/mol. The number of rotatable bonds is 6. The summed E-state index contributed by atoms with van der Waals surface area (Å²) in [7, 11) is 1.50. The third-order valence-electron chi connectivity index (χ3n) is 2.25. The molecule has 98 valence electrons. The van der Waals surface area contributed by atoms with E-state index in [0.717, 1.165) is 12.1 Å². The van der Waals surface area contributed by atoms with Crippen molar-refractivity contribution in [2.45, 2.75) is 13.0 Å². The van der Waals surface area contributed by atoms with Crippen molar-refractivity contribution in [1.29, 1.82) is 0 Å². The molecule has 1 unspecified atom stereocenters. The van der Waals surface area contributed by atoms with E-state index >= 15 is 0 Å². The van der Waals surface area contributed by atoms with E-state index in [-0.39, 0.29) is 29.8 Å². The zero-order chi connectivity index (χ0) is 13.7. The van der Waals surface area contributed by atoms with Crippen LogP contribution in [0.2, 0.25) is 0 Å². The molecule has 0 saturated carbocycles. The van der Waals surface area contributed by atoms with Crippen LogP contribution < -0.4 is 5.32 Å². The average Bonchev–Trinajstić information content (AvgIpc) is 2.35. The van der Waals surface area contributed by atoms with Crippen LogP contribution in [0.25, 0.3) is 0 Å². The van der Waals surface area contributed by atoms with E-state index in [1.165, 1.54) is 7.11 Å². The quantitative estimate of drug-likeness (QED) is 0.578. The van der Waals surface area contributed by atoms with Gasteiger partial charge in [-0.25, -0.2) is 9.78 Å². The Labute approximate surface area is 103 Å². The van der Waals surface area contributed by atoms with E-state index in [1.807, 2.05) is 0 Å². The van der Waals surface area contributed by atoms with E-state index < -0.39 is 10.9 Å². The van der Waals surface area contributed by atoms with E-state index in [1.54, 1.807) is 6.92 Å². The van der Waals surface area contributed by atoms with Crippen molar-refractivity contribution >= 4 is 17.5 Å². The molecule has 1 rings (SSSR count). The highest BCUT2D eigenvalue weighted by Gasteiger charge is 2.18. The lowest BCUT2D eigenvalue weighted by Crippen LogP contribution is -2.19. The number of aromatic nitrogens is 1. The maximum atomic E-state index is 10.8. The minimum absolute atomic E-state index is 0.0798. The first-order valence-corrected chi connectivity index (χ1v) is 5.11. The van der Waals surface area contributed by atoms with Crippen LogP contribution in [0, 0.1) is 10.1 Å². The first-order valence-electron chi connectivity index (χ1n) is 5.11. The number of nitro groups is 1. The molecular formula is C10H13N3O5. The largest absolute Gasteiger partial charge is 0.477 e.